The van der Waals surface area contributed by atoms with E-state index in [2.05, 4.69) is 174 Å². The molecule has 10 rings (SSSR count). The summed E-state index contributed by atoms with van der Waals surface area (Å²) in [5, 5.41) is 9.30. The average molecular weight is 639 g/mol. The van der Waals surface area contributed by atoms with Gasteiger partial charge in [-0.1, -0.05) is 115 Å². The van der Waals surface area contributed by atoms with Crippen LogP contribution in [0.15, 0.2) is 187 Å². The lowest BCUT2D eigenvalue weighted by Crippen LogP contribution is -2.11. The molecule has 10 aromatic rings. The van der Waals surface area contributed by atoms with Crippen molar-refractivity contribution in [3.05, 3.63) is 182 Å². The largest absolute Gasteiger partial charge is 0.456 e. The Labute approximate surface area is 289 Å². The van der Waals surface area contributed by atoms with Crippen LogP contribution in [0.1, 0.15) is 0 Å². The van der Waals surface area contributed by atoms with Crippen LogP contribution >= 0.6 is 0 Å². The lowest BCUT2D eigenvalue weighted by Gasteiger charge is -2.28. The second kappa shape index (κ2) is 11.5. The Balaban J connectivity index is 1.19. The molecule has 0 bridgehead atoms. The van der Waals surface area contributed by atoms with Gasteiger partial charge in [0.1, 0.15) is 11.2 Å². The number of fused-ring (bicyclic) bond motifs is 6. The smallest absolute Gasteiger partial charge is 0.136 e. The van der Waals surface area contributed by atoms with Gasteiger partial charge < -0.3 is 9.32 Å². The van der Waals surface area contributed by atoms with Crippen LogP contribution < -0.4 is 4.90 Å². The molecule has 0 unspecified atom stereocenters. The molecular weight excluding hydrogens is 609 g/mol. The molecule has 2 aromatic heterocycles. The van der Waals surface area contributed by atoms with Gasteiger partial charge in [0.15, 0.2) is 0 Å². The maximum Gasteiger partial charge on any atom is 0.136 e. The molecule has 234 valence electrons. The first-order chi connectivity index (χ1) is 24.8. The predicted octanol–water partition coefficient (Wildman–Crippen LogP) is 13.2. The quantitative estimate of drug-likeness (QED) is 0.188. The summed E-state index contributed by atoms with van der Waals surface area (Å²) in [5.74, 6) is 0. The number of rotatable bonds is 5. The van der Waals surface area contributed by atoms with Crippen LogP contribution in [0.4, 0.5) is 17.1 Å². The van der Waals surface area contributed by atoms with Crippen molar-refractivity contribution in [1.82, 2.24) is 4.98 Å². The van der Waals surface area contributed by atoms with Crippen LogP contribution in [0, 0.1) is 0 Å². The zero-order chi connectivity index (χ0) is 33.0. The third kappa shape index (κ3) is 4.63. The Bertz CT molecular complexity index is 2870. The van der Waals surface area contributed by atoms with Crippen molar-refractivity contribution in [1.29, 1.82) is 0 Å². The first-order valence-electron chi connectivity index (χ1n) is 16.9. The second-order valence-electron chi connectivity index (χ2n) is 12.8. The number of anilines is 3. The van der Waals surface area contributed by atoms with Gasteiger partial charge >= 0.3 is 0 Å². The van der Waals surface area contributed by atoms with Crippen molar-refractivity contribution in [3.8, 4) is 22.3 Å². The minimum absolute atomic E-state index is 0.862. The Morgan fingerprint density at radius 2 is 1.04 bits per heavy atom. The minimum Gasteiger partial charge on any atom is -0.456 e. The van der Waals surface area contributed by atoms with Crippen molar-refractivity contribution in [2.45, 2.75) is 0 Å². The zero-order valence-electron chi connectivity index (χ0n) is 27.1. The topological polar surface area (TPSA) is 29.3 Å². The van der Waals surface area contributed by atoms with Crippen molar-refractivity contribution in [3.63, 3.8) is 0 Å². The molecule has 0 fully saturated rings. The lowest BCUT2D eigenvalue weighted by molar-refractivity contribution is 0.669. The first-order valence-corrected chi connectivity index (χ1v) is 16.9. The summed E-state index contributed by atoms with van der Waals surface area (Å²) in [4.78, 5) is 6.76. The fourth-order valence-corrected chi connectivity index (χ4v) is 7.54. The fourth-order valence-electron chi connectivity index (χ4n) is 7.54. The maximum atomic E-state index is 6.41. The van der Waals surface area contributed by atoms with Crippen LogP contribution in [0.2, 0.25) is 0 Å². The highest BCUT2D eigenvalue weighted by Gasteiger charge is 2.20. The molecule has 50 heavy (non-hydrogen) atoms. The summed E-state index contributed by atoms with van der Waals surface area (Å²) in [6.45, 7) is 0. The molecule has 0 aliphatic rings. The first kappa shape index (κ1) is 28.3. The van der Waals surface area contributed by atoms with Crippen molar-refractivity contribution in [2.75, 3.05) is 4.90 Å². The summed E-state index contributed by atoms with van der Waals surface area (Å²) < 4.78 is 6.41. The SMILES string of the molecule is c1ccc(N(c2ccc(-c3cccc4ccccc34)cc2)c2ccc3oc4cc5ccncc5cc4c3c2)c(-c2cccc3ccccc23)c1. The number of aromatic nitrogens is 1. The number of furan rings is 1. The Morgan fingerprint density at radius 3 is 1.86 bits per heavy atom. The van der Waals surface area contributed by atoms with E-state index in [1.54, 1.807) is 0 Å². The molecule has 0 saturated heterocycles. The minimum atomic E-state index is 0.862. The predicted molar refractivity (Wildman–Crippen MR) is 210 cm³/mol. The molecule has 0 saturated carbocycles. The van der Waals surface area contributed by atoms with Crippen molar-refractivity contribution in [2.24, 2.45) is 0 Å². The van der Waals surface area contributed by atoms with E-state index in [4.69, 9.17) is 4.42 Å². The van der Waals surface area contributed by atoms with E-state index in [1.807, 2.05) is 18.5 Å². The third-order valence-electron chi connectivity index (χ3n) is 9.92. The van der Waals surface area contributed by atoms with Gasteiger partial charge in [0.05, 0.1) is 5.69 Å². The summed E-state index contributed by atoms with van der Waals surface area (Å²) in [6.07, 6.45) is 3.74. The van der Waals surface area contributed by atoms with E-state index in [0.29, 0.717) is 0 Å². The monoisotopic (exact) mass is 638 g/mol. The average Bonchev–Trinajstić information content (AvgIpc) is 3.54. The van der Waals surface area contributed by atoms with Gasteiger partial charge in [0, 0.05) is 45.5 Å². The van der Waals surface area contributed by atoms with Crippen molar-refractivity contribution >= 4 is 71.3 Å². The van der Waals surface area contributed by atoms with Gasteiger partial charge in [-0.05, 0) is 98.2 Å². The molecular formula is C47H30N2O. The molecule has 0 aliphatic carbocycles. The molecule has 2 heterocycles. The number of nitrogens with zero attached hydrogens (tertiary/aromatic N) is 2. The number of hydrogen-bond acceptors (Lipinski definition) is 3. The molecule has 0 atom stereocenters. The Kier molecular flexibility index (Phi) is 6.49. The van der Waals surface area contributed by atoms with Gasteiger partial charge in [0.25, 0.3) is 0 Å². The molecule has 0 spiro atoms. The number of para-hydroxylation sites is 1. The number of hydrogen-bond donors (Lipinski definition) is 0. The van der Waals surface area contributed by atoms with Crippen molar-refractivity contribution < 1.29 is 4.42 Å². The maximum absolute atomic E-state index is 6.41. The van der Waals surface area contributed by atoms with Gasteiger partial charge in [-0.3, -0.25) is 4.98 Å². The van der Waals surface area contributed by atoms with Crippen LogP contribution in [0.5, 0.6) is 0 Å². The van der Waals surface area contributed by atoms with Gasteiger partial charge in [-0.2, -0.15) is 0 Å². The summed E-state index contributed by atoms with van der Waals surface area (Å²) in [6, 6.07) is 60.9. The van der Waals surface area contributed by atoms with Gasteiger partial charge in [-0.25, -0.2) is 0 Å². The van der Waals surface area contributed by atoms with E-state index < -0.39 is 0 Å². The van der Waals surface area contributed by atoms with Gasteiger partial charge in [-0.15, -0.1) is 0 Å². The molecule has 3 heteroatoms. The highest BCUT2D eigenvalue weighted by atomic mass is 16.3. The molecule has 0 N–H and O–H groups in total. The Morgan fingerprint density at radius 1 is 0.400 bits per heavy atom. The molecule has 3 nitrogen and oxygen atoms in total. The van der Waals surface area contributed by atoms with Crippen LogP contribution in [0.25, 0.3) is 76.5 Å². The van der Waals surface area contributed by atoms with E-state index in [1.165, 1.54) is 38.2 Å². The highest BCUT2D eigenvalue weighted by molar-refractivity contribution is 6.11. The molecule has 0 radical (unpaired) electrons. The van der Waals surface area contributed by atoms with Gasteiger partial charge in [0.2, 0.25) is 0 Å². The normalized spacial score (nSPS) is 11.6. The Hall–Kier alpha value is -6.71. The molecule has 8 aromatic carbocycles. The fraction of sp³-hybridized carbons (Fsp3) is 0. The zero-order valence-corrected chi connectivity index (χ0v) is 27.1. The van der Waals surface area contributed by atoms with Crippen LogP contribution in [-0.4, -0.2) is 4.98 Å². The van der Waals surface area contributed by atoms with E-state index in [0.717, 1.165) is 55.3 Å². The van der Waals surface area contributed by atoms with E-state index >= 15 is 0 Å². The molecule has 0 aliphatic heterocycles. The van der Waals surface area contributed by atoms with Crippen LogP contribution in [0.3, 0.4) is 0 Å². The summed E-state index contributed by atoms with van der Waals surface area (Å²) in [7, 11) is 0. The number of pyridine rings is 1. The number of benzene rings is 8. The standard InChI is InChI=1S/C47H30N2O/c1-3-13-38-31(9-1)11-7-16-39(38)33-19-21-36(22-20-33)49(45-18-6-5-15-42(45)41-17-8-12-32-10-2-4-14-40(32)41)37-23-24-46-44(29-37)43-27-35-30-48-26-25-34(35)28-47(43)50-46/h1-30H. The van der Waals surface area contributed by atoms with E-state index in [9.17, 15) is 0 Å². The summed E-state index contributed by atoms with van der Waals surface area (Å²) >= 11 is 0. The summed E-state index contributed by atoms with van der Waals surface area (Å²) in [5.41, 5.74) is 9.74. The molecule has 0 amide bonds. The third-order valence-corrected chi connectivity index (χ3v) is 9.92. The lowest BCUT2D eigenvalue weighted by atomic mass is 9.95. The highest BCUT2D eigenvalue weighted by Crippen LogP contribution is 2.45. The van der Waals surface area contributed by atoms with Crippen LogP contribution in [-0.2, 0) is 0 Å². The second-order valence-corrected chi connectivity index (χ2v) is 12.8. The van der Waals surface area contributed by atoms with E-state index in [-0.39, 0.29) is 0 Å².